The first-order valence-electron chi connectivity index (χ1n) is 11.0. The molecule has 0 heterocycles. The SMILES string of the molecule is COc1cccc(CC(C)(C)NC[C@@H](O)[C@H](Cc2ccccc2)N(C(=O)O)C(C)(C)C)c1. The van der Waals surface area contributed by atoms with Gasteiger partial charge in [-0.1, -0.05) is 42.5 Å². The summed E-state index contributed by atoms with van der Waals surface area (Å²) in [7, 11) is 1.65. The van der Waals surface area contributed by atoms with E-state index in [0.717, 1.165) is 23.3 Å². The molecule has 0 unspecified atom stereocenters. The molecule has 3 N–H and O–H groups in total. The van der Waals surface area contributed by atoms with Crippen LogP contribution in [-0.4, -0.2) is 58.1 Å². The highest BCUT2D eigenvalue weighted by molar-refractivity contribution is 5.66. The number of amides is 1. The van der Waals surface area contributed by atoms with Crippen LogP contribution in [0, 0.1) is 0 Å². The molecule has 6 nitrogen and oxygen atoms in total. The van der Waals surface area contributed by atoms with Gasteiger partial charge < -0.3 is 20.3 Å². The van der Waals surface area contributed by atoms with E-state index in [-0.39, 0.29) is 12.1 Å². The van der Waals surface area contributed by atoms with Gasteiger partial charge in [-0.25, -0.2) is 4.79 Å². The van der Waals surface area contributed by atoms with E-state index >= 15 is 0 Å². The second-order valence-electron chi connectivity index (χ2n) is 9.94. The zero-order valence-corrected chi connectivity index (χ0v) is 20.1. The molecular formula is C26H38N2O4. The van der Waals surface area contributed by atoms with Gasteiger partial charge in [0, 0.05) is 17.6 Å². The molecule has 1 amide bonds. The third-order valence-electron chi connectivity index (χ3n) is 5.56. The van der Waals surface area contributed by atoms with Gasteiger partial charge in [-0.2, -0.15) is 0 Å². The van der Waals surface area contributed by atoms with Gasteiger partial charge in [-0.15, -0.1) is 0 Å². The molecule has 2 atom stereocenters. The number of benzene rings is 2. The van der Waals surface area contributed by atoms with Crippen LogP contribution in [0.25, 0.3) is 0 Å². The summed E-state index contributed by atoms with van der Waals surface area (Å²) in [6.45, 7) is 9.98. The molecule has 32 heavy (non-hydrogen) atoms. The van der Waals surface area contributed by atoms with E-state index in [1.807, 2.05) is 75.4 Å². The number of aliphatic hydroxyl groups excluding tert-OH is 1. The summed E-state index contributed by atoms with van der Waals surface area (Å²) in [6, 6.07) is 17.0. The number of nitrogens with zero attached hydrogens (tertiary/aromatic N) is 1. The standard InChI is InChI=1S/C26H38N2O4/c1-25(2,3)28(24(30)31)22(16-19-11-8-7-9-12-19)23(29)18-27-26(4,5)17-20-13-10-14-21(15-20)32-6/h7-15,22-23,27,29H,16-18H2,1-6H3,(H,30,31)/t22-,23+/m0/s1. The molecule has 0 saturated heterocycles. The third kappa shape index (κ3) is 7.53. The second kappa shape index (κ2) is 10.8. The van der Waals surface area contributed by atoms with Crippen molar-refractivity contribution in [2.75, 3.05) is 13.7 Å². The summed E-state index contributed by atoms with van der Waals surface area (Å²) in [5.41, 5.74) is 1.16. The van der Waals surface area contributed by atoms with E-state index in [1.165, 1.54) is 4.90 Å². The van der Waals surface area contributed by atoms with E-state index in [4.69, 9.17) is 4.74 Å². The molecule has 0 radical (unpaired) electrons. The van der Waals surface area contributed by atoms with Gasteiger partial charge >= 0.3 is 6.09 Å². The normalized spacial score (nSPS) is 14.0. The van der Waals surface area contributed by atoms with Crippen LogP contribution in [0.1, 0.15) is 45.7 Å². The van der Waals surface area contributed by atoms with Crippen LogP contribution in [-0.2, 0) is 12.8 Å². The predicted molar refractivity (Wildman–Crippen MR) is 128 cm³/mol. The average molecular weight is 443 g/mol. The average Bonchev–Trinajstić information content (AvgIpc) is 2.71. The number of carbonyl (C=O) groups is 1. The molecule has 2 aromatic carbocycles. The number of rotatable bonds is 10. The van der Waals surface area contributed by atoms with E-state index in [2.05, 4.69) is 19.2 Å². The lowest BCUT2D eigenvalue weighted by atomic mass is 9.92. The van der Waals surface area contributed by atoms with Crippen LogP contribution < -0.4 is 10.1 Å². The first-order valence-corrected chi connectivity index (χ1v) is 11.0. The molecule has 0 aliphatic carbocycles. The van der Waals surface area contributed by atoms with Crippen LogP contribution in [0.3, 0.4) is 0 Å². The fraction of sp³-hybridized carbons (Fsp3) is 0.500. The second-order valence-corrected chi connectivity index (χ2v) is 9.94. The number of carboxylic acid groups (broad SMARTS) is 1. The summed E-state index contributed by atoms with van der Waals surface area (Å²) < 4.78 is 5.31. The molecule has 2 rings (SSSR count). The maximum Gasteiger partial charge on any atom is 0.408 e. The zero-order valence-electron chi connectivity index (χ0n) is 20.1. The van der Waals surface area contributed by atoms with Gasteiger partial charge in [0.15, 0.2) is 0 Å². The topological polar surface area (TPSA) is 82.0 Å². The minimum atomic E-state index is -1.03. The lowest BCUT2D eigenvalue weighted by Gasteiger charge is -2.42. The van der Waals surface area contributed by atoms with Gasteiger partial charge in [0.1, 0.15) is 5.75 Å². The Bertz CT molecular complexity index is 862. The molecule has 0 fully saturated rings. The number of hydrogen-bond donors (Lipinski definition) is 3. The number of methoxy groups -OCH3 is 1. The number of β-amino-alcohol motifs (C(OH)–C–C–N with tert-alkyl or cyclic N) is 1. The largest absolute Gasteiger partial charge is 0.497 e. The monoisotopic (exact) mass is 442 g/mol. The summed E-state index contributed by atoms with van der Waals surface area (Å²) in [4.78, 5) is 13.5. The fourth-order valence-electron chi connectivity index (χ4n) is 4.05. The van der Waals surface area contributed by atoms with Gasteiger partial charge in [0.05, 0.1) is 19.3 Å². The minimum absolute atomic E-state index is 0.272. The first kappa shape index (κ1) is 25.7. The summed E-state index contributed by atoms with van der Waals surface area (Å²) >= 11 is 0. The van der Waals surface area contributed by atoms with Crippen LogP contribution >= 0.6 is 0 Å². The lowest BCUT2D eigenvalue weighted by Crippen LogP contribution is -2.59. The van der Waals surface area contributed by atoms with Crippen molar-refractivity contribution in [3.63, 3.8) is 0 Å². The van der Waals surface area contributed by atoms with Crippen molar-refractivity contribution in [3.05, 3.63) is 65.7 Å². The number of ether oxygens (including phenoxy) is 1. The quantitative estimate of drug-likeness (QED) is 0.509. The minimum Gasteiger partial charge on any atom is -0.497 e. The molecule has 0 aromatic heterocycles. The smallest absolute Gasteiger partial charge is 0.408 e. The van der Waals surface area contributed by atoms with E-state index < -0.39 is 23.8 Å². The molecule has 0 aliphatic rings. The molecular weight excluding hydrogens is 404 g/mol. The Labute approximate surface area is 192 Å². The molecule has 0 aliphatic heterocycles. The van der Waals surface area contributed by atoms with Gasteiger partial charge in [0.25, 0.3) is 0 Å². The number of aliphatic hydroxyl groups is 1. The number of nitrogens with one attached hydrogen (secondary N) is 1. The van der Waals surface area contributed by atoms with Gasteiger partial charge in [0.2, 0.25) is 0 Å². The number of hydrogen-bond acceptors (Lipinski definition) is 4. The van der Waals surface area contributed by atoms with Gasteiger partial charge in [-0.05, 0) is 70.7 Å². The molecule has 176 valence electrons. The highest BCUT2D eigenvalue weighted by atomic mass is 16.5. The Morgan fingerprint density at radius 2 is 1.66 bits per heavy atom. The molecule has 0 saturated carbocycles. The van der Waals surface area contributed by atoms with E-state index in [9.17, 15) is 15.0 Å². The Hall–Kier alpha value is -2.57. The summed E-state index contributed by atoms with van der Waals surface area (Å²) in [6.07, 6.45) is -0.741. The van der Waals surface area contributed by atoms with Crippen molar-refractivity contribution in [1.29, 1.82) is 0 Å². The highest BCUT2D eigenvalue weighted by Crippen LogP contribution is 2.24. The van der Waals surface area contributed by atoms with Gasteiger partial charge in [-0.3, -0.25) is 4.90 Å². The van der Waals surface area contributed by atoms with Crippen molar-refractivity contribution in [2.45, 2.75) is 70.7 Å². The summed E-state index contributed by atoms with van der Waals surface area (Å²) in [5, 5.41) is 24.6. The Morgan fingerprint density at radius 3 is 2.22 bits per heavy atom. The Kier molecular flexibility index (Phi) is 8.70. The van der Waals surface area contributed by atoms with Crippen molar-refractivity contribution < 1.29 is 19.7 Å². The van der Waals surface area contributed by atoms with Crippen LogP contribution in [0.15, 0.2) is 54.6 Å². The van der Waals surface area contributed by atoms with Crippen LogP contribution in [0.2, 0.25) is 0 Å². The molecule has 6 heteroatoms. The van der Waals surface area contributed by atoms with Crippen LogP contribution in [0.5, 0.6) is 5.75 Å². The molecule has 0 spiro atoms. The maximum absolute atomic E-state index is 12.2. The first-order chi connectivity index (χ1) is 14.9. The lowest BCUT2D eigenvalue weighted by molar-refractivity contribution is 0.00554. The third-order valence-corrected chi connectivity index (χ3v) is 5.56. The Morgan fingerprint density at radius 1 is 1.03 bits per heavy atom. The zero-order chi connectivity index (χ0) is 23.9. The van der Waals surface area contributed by atoms with Crippen molar-refractivity contribution in [3.8, 4) is 5.75 Å². The summed E-state index contributed by atoms with van der Waals surface area (Å²) in [5.74, 6) is 0.809. The maximum atomic E-state index is 12.2. The van der Waals surface area contributed by atoms with Crippen LogP contribution in [0.4, 0.5) is 4.79 Å². The highest BCUT2D eigenvalue weighted by Gasteiger charge is 2.37. The van der Waals surface area contributed by atoms with Crippen molar-refractivity contribution in [2.24, 2.45) is 0 Å². The van der Waals surface area contributed by atoms with E-state index in [0.29, 0.717) is 6.42 Å². The fourth-order valence-corrected chi connectivity index (χ4v) is 4.05. The van der Waals surface area contributed by atoms with Crippen molar-refractivity contribution >= 4 is 6.09 Å². The van der Waals surface area contributed by atoms with E-state index in [1.54, 1.807) is 7.11 Å². The van der Waals surface area contributed by atoms with Crippen molar-refractivity contribution in [1.82, 2.24) is 10.2 Å². The Balaban J connectivity index is 2.17. The molecule has 2 aromatic rings. The predicted octanol–water partition coefficient (Wildman–Crippen LogP) is 4.36. The molecule has 0 bridgehead atoms.